The van der Waals surface area contributed by atoms with E-state index >= 15 is 0 Å². The van der Waals surface area contributed by atoms with E-state index in [1.807, 2.05) is 0 Å². The van der Waals surface area contributed by atoms with Crippen molar-refractivity contribution in [1.29, 1.82) is 0 Å². The number of hydrogen-bond acceptors (Lipinski definition) is 4. The second-order valence-corrected chi connectivity index (χ2v) is 3.77. The lowest BCUT2D eigenvalue weighted by Crippen LogP contribution is -2.31. The molecule has 0 aromatic heterocycles. The molecule has 0 aromatic carbocycles. The predicted octanol–water partition coefficient (Wildman–Crippen LogP) is 0.410. The van der Waals surface area contributed by atoms with Crippen molar-refractivity contribution >= 4 is 7.82 Å². The van der Waals surface area contributed by atoms with Crippen molar-refractivity contribution in [3.8, 4) is 0 Å². The highest BCUT2D eigenvalue weighted by molar-refractivity contribution is 7.43. The monoisotopic (exact) mass is 180 g/mol. The van der Waals surface area contributed by atoms with Gasteiger partial charge in [0.2, 0.25) is 0 Å². The zero-order valence-corrected chi connectivity index (χ0v) is 7.89. The Bertz CT molecular complexity index is 158. The Morgan fingerprint density at radius 2 is 1.73 bits per heavy atom. The Morgan fingerprint density at radius 1 is 1.36 bits per heavy atom. The van der Waals surface area contributed by atoms with Crippen LogP contribution in [0.25, 0.3) is 0 Å². The molecule has 0 bridgehead atoms. The van der Waals surface area contributed by atoms with Gasteiger partial charge in [-0.05, 0) is 19.8 Å². The van der Waals surface area contributed by atoms with E-state index in [1.165, 1.54) is 0 Å². The van der Waals surface area contributed by atoms with Crippen molar-refractivity contribution in [2.24, 2.45) is 0 Å². The lowest BCUT2D eigenvalue weighted by Gasteiger charge is -2.39. The Labute approximate surface area is 66.8 Å². The minimum absolute atomic E-state index is 0.512. The fourth-order valence-electron chi connectivity index (χ4n) is 0.649. The summed E-state index contributed by atoms with van der Waals surface area (Å²) in [4.78, 5) is 20.4. The summed E-state index contributed by atoms with van der Waals surface area (Å²) in [5.74, 6) is 0. The molecule has 0 spiro atoms. The van der Waals surface area contributed by atoms with E-state index in [4.69, 9.17) is 0 Å². The summed E-state index contributed by atoms with van der Waals surface area (Å²) in [6, 6.07) is 0. The Balaban J connectivity index is 4.20. The van der Waals surface area contributed by atoms with Gasteiger partial charge >= 0.3 is 0 Å². The van der Waals surface area contributed by atoms with Crippen molar-refractivity contribution in [3.63, 3.8) is 0 Å². The maximum atomic E-state index is 10.2. The third-order valence-corrected chi connectivity index (χ3v) is 2.49. The first-order valence-electron chi connectivity index (χ1n) is 3.56. The number of hydrogen-bond donors (Lipinski definition) is 0. The molecule has 0 saturated carbocycles. The van der Waals surface area contributed by atoms with Gasteiger partial charge in [0.1, 0.15) is 0 Å². The summed E-state index contributed by atoms with van der Waals surface area (Å²) >= 11 is 0. The largest absolute Gasteiger partial charge is 0.790 e. The molecule has 5 heteroatoms. The lowest BCUT2D eigenvalue weighted by molar-refractivity contribution is -0.349. The summed E-state index contributed by atoms with van der Waals surface area (Å²) in [6.45, 7) is 5.16. The molecule has 0 aromatic rings. The molecule has 0 amide bonds. The van der Waals surface area contributed by atoms with Crippen LogP contribution in [0.4, 0.5) is 0 Å². The maximum absolute atomic E-state index is 10.2. The fraction of sp³-hybridized carbons (Fsp3) is 1.00. The van der Waals surface area contributed by atoms with Crippen LogP contribution in [0.1, 0.15) is 33.6 Å². The topological polar surface area (TPSA) is 72.4 Å². The van der Waals surface area contributed by atoms with E-state index in [1.54, 1.807) is 20.8 Å². The minimum atomic E-state index is -4.82. The molecule has 0 heterocycles. The number of phosphoric ester groups is 1. The summed E-state index contributed by atoms with van der Waals surface area (Å²) < 4.78 is 14.6. The van der Waals surface area contributed by atoms with E-state index in [0.29, 0.717) is 12.8 Å². The molecular formula is C6H13O4P-2. The average molecular weight is 180 g/mol. The molecule has 0 saturated heterocycles. The van der Waals surface area contributed by atoms with Crippen LogP contribution in [-0.2, 0) is 9.09 Å². The van der Waals surface area contributed by atoms with Gasteiger partial charge in [-0.15, -0.1) is 0 Å². The molecule has 0 aliphatic heterocycles. The number of rotatable bonds is 4. The average Bonchev–Trinajstić information content (AvgIpc) is 1.84. The molecular weight excluding hydrogens is 167 g/mol. The minimum Gasteiger partial charge on any atom is -0.790 e. The summed E-state index contributed by atoms with van der Waals surface area (Å²) in [5.41, 5.74) is -0.820. The smallest absolute Gasteiger partial charge is 0.0701 e. The zero-order valence-electron chi connectivity index (χ0n) is 6.99. The van der Waals surface area contributed by atoms with Crippen LogP contribution < -0.4 is 9.79 Å². The third kappa shape index (κ3) is 4.53. The van der Waals surface area contributed by atoms with Crippen LogP contribution in [0, 0.1) is 0 Å². The third-order valence-electron chi connectivity index (χ3n) is 1.83. The molecule has 0 fully saturated rings. The first-order chi connectivity index (χ1) is 4.83. The normalized spacial score (nSPS) is 13.5. The van der Waals surface area contributed by atoms with Crippen molar-refractivity contribution in [3.05, 3.63) is 0 Å². The lowest BCUT2D eigenvalue weighted by atomic mass is 10.0. The highest BCUT2D eigenvalue weighted by Crippen LogP contribution is 2.36. The predicted molar refractivity (Wildman–Crippen MR) is 37.7 cm³/mol. The standard InChI is InChI=1S/C6H15O4P/c1-4-6(3,5-2)10-11(7,8)9/h4-5H2,1-3H3,(H2,7,8,9)/p-2. The van der Waals surface area contributed by atoms with Crippen molar-refractivity contribution in [1.82, 2.24) is 0 Å². The summed E-state index contributed by atoms with van der Waals surface area (Å²) in [6.07, 6.45) is 1.02. The molecule has 0 unspecified atom stereocenters. The van der Waals surface area contributed by atoms with E-state index in [-0.39, 0.29) is 0 Å². The SMILES string of the molecule is CCC(C)(CC)OP(=O)([O-])[O-]. The first kappa shape index (κ1) is 11.1. The van der Waals surface area contributed by atoms with E-state index in [0.717, 1.165) is 0 Å². The number of phosphoric acid groups is 1. The Morgan fingerprint density at radius 3 is 1.82 bits per heavy atom. The molecule has 11 heavy (non-hydrogen) atoms. The molecule has 4 nitrogen and oxygen atoms in total. The first-order valence-corrected chi connectivity index (χ1v) is 5.02. The Kier molecular flexibility index (Phi) is 3.71. The van der Waals surface area contributed by atoms with E-state index in [9.17, 15) is 14.4 Å². The maximum Gasteiger partial charge on any atom is 0.0701 e. The summed E-state index contributed by atoms with van der Waals surface area (Å²) in [5, 5.41) is 0. The molecule has 0 atom stereocenters. The van der Waals surface area contributed by atoms with E-state index in [2.05, 4.69) is 4.52 Å². The van der Waals surface area contributed by atoms with Crippen LogP contribution in [0.5, 0.6) is 0 Å². The van der Waals surface area contributed by atoms with Gasteiger partial charge in [-0.3, -0.25) is 0 Å². The van der Waals surface area contributed by atoms with Crippen molar-refractivity contribution in [2.45, 2.75) is 39.2 Å². The molecule has 0 radical (unpaired) electrons. The zero-order chi connectivity index (χ0) is 9.12. The highest BCUT2D eigenvalue weighted by Gasteiger charge is 2.21. The van der Waals surface area contributed by atoms with Crippen LogP contribution >= 0.6 is 7.82 Å². The van der Waals surface area contributed by atoms with Gasteiger partial charge in [-0.25, -0.2) is 0 Å². The van der Waals surface area contributed by atoms with E-state index < -0.39 is 13.4 Å². The van der Waals surface area contributed by atoms with Gasteiger partial charge in [0.25, 0.3) is 0 Å². The van der Waals surface area contributed by atoms with Crippen LogP contribution in [0.2, 0.25) is 0 Å². The van der Waals surface area contributed by atoms with Gasteiger partial charge in [0, 0.05) is 0 Å². The van der Waals surface area contributed by atoms with Crippen LogP contribution in [-0.4, -0.2) is 5.60 Å². The molecule has 0 N–H and O–H groups in total. The van der Waals surface area contributed by atoms with Gasteiger partial charge in [-0.1, -0.05) is 13.8 Å². The van der Waals surface area contributed by atoms with Crippen molar-refractivity contribution in [2.75, 3.05) is 0 Å². The second kappa shape index (κ2) is 3.68. The molecule has 0 aliphatic carbocycles. The fourth-order valence-corrected chi connectivity index (χ4v) is 1.45. The molecule has 0 rings (SSSR count). The van der Waals surface area contributed by atoms with Crippen LogP contribution in [0.15, 0.2) is 0 Å². The Hall–Kier alpha value is 0.110. The second-order valence-electron chi connectivity index (χ2n) is 2.70. The van der Waals surface area contributed by atoms with Crippen molar-refractivity contribution < 1.29 is 18.9 Å². The molecule has 68 valence electrons. The van der Waals surface area contributed by atoms with Crippen LogP contribution in [0.3, 0.4) is 0 Å². The van der Waals surface area contributed by atoms with Gasteiger partial charge in [0.05, 0.1) is 13.4 Å². The summed E-state index contributed by atoms with van der Waals surface area (Å²) in [7, 11) is -4.82. The highest BCUT2D eigenvalue weighted by atomic mass is 31.2. The van der Waals surface area contributed by atoms with Gasteiger partial charge in [0.15, 0.2) is 0 Å². The quantitative estimate of drug-likeness (QED) is 0.587. The molecule has 0 aliphatic rings. The van der Waals surface area contributed by atoms with Gasteiger partial charge < -0.3 is 18.9 Å². The van der Waals surface area contributed by atoms with Gasteiger partial charge in [-0.2, -0.15) is 0 Å².